The molecule has 0 aromatic carbocycles. The Labute approximate surface area is 109 Å². The fourth-order valence-electron chi connectivity index (χ4n) is 1.86. The Balaban J connectivity index is 2.82. The Hall–Kier alpha value is -0.830. The van der Waals surface area contributed by atoms with Gasteiger partial charge >= 0.3 is 0 Å². The summed E-state index contributed by atoms with van der Waals surface area (Å²) in [6, 6.07) is 2.01. The number of hydrogen-bond acceptors (Lipinski definition) is 2. The maximum absolute atomic E-state index is 12.4. The predicted molar refractivity (Wildman–Crippen MR) is 74.6 cm³/mol. The van der Waals surface area contributed by atoms with Gasteiger partial charge in [-0.15, -0.1) is 11.3 Å². The normalized spacial score (nSPS) is 11.2. The Morgan fingerprint density at radius 3 is 2.12 bits per heavy atom. The number of carbonyl (C=O) groups is 1. The largest absolute Gasteiger partial charge is 0.337 e. The monoisotopic (exact) mass is 253 g/mol. The molecule has 0 spiro atoms. The Kier molecular flexibility index (Phi) is 5.19. The topological polar surface area (TPSA) is 20.3 Å². The van der Waals surface area contributed by atoms with Crippen LogP contribution in [0.5, 0.6) is 0 Å². The molecule has 1 rings (SSSR count). The van der Waals surface area contributed by atoms with E-state index in [1.807, 2.05) is 23.3 Å². The van der Waals surface area contributed by atoms with E-state index in [4.69, 9.17) is 0 Å². The van der Waals surface area contributed by atoms with Gasteiger partial charge in [-0.2, -0.15) is 0 Å². The van der Waals surface area contributed by atoms with Crippen LogP contribution >= 0.6 is 11.3 Å². The molecule has 17 heavy (non-hydrogen) atoms. The van der Waals surface area contributed by atoms with Crippen LogP contribution < -0.4 is 0 Å². The molecular formula is C14H23NOS. The van der Waals surface area contributed by atoms with E-state index in [0.717, 1.165) is 23.5 Å². The van der Waals surface area contributed by atoms with E-state index in [-0.39, 0.29) is 5.91 Å². The predicted octanol–water partition coefficient (Wildman–Crippen LogP) is 3.81. The van der Waals surface area contributed by atoms with Gasteiger partial charge in [0.2, 0.25) is 0 Å². The second-order valence-electron chi connectivity index (χ2n) is 5.43. The molecule has 0 radical (unpaired) electrons. The fraction of sp³-hybridized carbons (Fsp3) is 0.643. The summed E-state index contributed by atoms with van der Waals surface area (Å²) in [5, 5.41) is 1.99. The van der Waals surface area contributed by atoms with Crippen LogP contribution in [0.1, 0.15) is 42.9 Å². The van der Waals surface area contributed by atoms with Gasteiger partial charge in [0.25, 0.3) is 5.91 Å². The van der Waals surface area contributed by atoms with Gasteiger partial charge in [-0.3, -0.25) is 4.79 Å². The van der Waals surface area contributed by atoms with Gasteiger partial charge in [-0.05, 0) is 35.8 Å². The quantitative estimate of drug-likeness (QED) is 0.781. The number of amides is 1. The number of nitrogens with zero attached hydrogens (tertiary/aromatic N) is 1. The van der Waals surface area contributed by atoms with Gasteiger partial charge in [0.15, 0.2) is 0 Å². The smallest absolute Gasteiger partial charge is 0.264 e. The maximum atomic E-state index is 12.4. The lowest BCUT2D eigenvalue weighted by Gasteiger charge is -2.26. The minimum atomic E-state index is 0.194. The van der Waals surface area contributed by atoms with Gasteiger partial charge < -0.3 is 4.90 Å². The van der Waals surface area contributed by atoms with Crippen LogP contribution in [0.3, 0.4) is 0 Å². The van der Waals surface area contributed by atoms with E-state index < -0.39 is 0 Å². The lowest BCUT2D eigenvalue weighted by Crippen LogP contribution is -2.36. The summed E-state index contributed by atoms with van der Waals surface area (Å²) in [7, 11) is 0. The molecule has 96 valence electrons. The van der Waals surface area contributed by atoms with Crippen molar-refractivity contribution in [1.29, 1.82) is 0 Å². The summed E-state index contributed by atoms with van der Waals surface area (Å²) in [5.74, 6) is 1.22. The van der Waals surface area contributed by atoms with Crippen molar-refractivity contribution in [1.82, 2.24) is 4.90 Å². The molecule has 0 saturated carbocycles. The molecule has 0 fully saturated rings. The van der Waals surface area contributed by atoms with E-state index in [0.29, 0.717) is 11.8 Å². The molecule has 0 saturated heterocycles. The van der Waals surface area contributed by atoms with Crippen molar-refractivity contribution in [3.63, 3.8) is 0 Å². The van der Waals surface area contributed by atoms with Crippen LogP contribution in [0, 0.1) is 18.8 Å². The molecule has 1 heterocycles. The SMILES string of the molecule is Cc1ccsc1C(=O)N(CC(C)C)CC(C)C. The fourth-order valence-corrected chi connectivity index (χ4v) is 2.75. The molecule has 2 nitrogen and oxygen atoms in total. The summed E-state index contributed by atoms with van der Waals surface area (Å²) in [5.41, 5.74) is 1.09. The summed E-state index contributed by atoms with van der Waals surface area (Å²) >= 11 is 1.55. The minimum Gasteiger partial charge on any atom is -0.337 e. The summed E-state index contributed by atoms with van der Waals surface area (Å²) in [6.07, 6.45) is 0. The van der Waals surface area contributed by atoms with Crippen molar-refractivity contribution in [2.24, 2.45) is 11.8 Å². The lowest BCUT2D eigenvalue weighted by atomic mass is 10.1. The molecule has 0 N–H and O–H groups in total. The molecule has 0 aliphatic carbocycles. The van der Waals surface area contributed by atoms with Crippen molar-refractivity contribution >= 4 is 17.2 Å². The van der Waals surface area contributed by atoms with E-state index in [9.17, 15) is 4.79 Å². The van der Waals surface area contributed by atoms with Crippen molar-refractivity contribution in [3.05, 3.63) is 21.9 Å². The first-order valence-electron chi connectivity index (χ1n) is 6.25. The van der Waals surface area contributed by atoms with Crippen LogP contribution in [0.2, 0.25) is 0 Å². The third kappa shape index (κ3) is 4.15. The van der Waals surface area contributed by atoms with E-state index in [2.05, 4.69) is 27.7 Å². The highest BCUT2D eigenvalue weighted by molar-refractivity contribution is 7.12. The molecule has 1 aromatic rings. The third-order valence-corrected chi connectivity index (χ3v) is 3.52. The molecule has 1 amide bonds. The van der Waals surface area contributed by atoms with Crippen LogP contribution in [0.15, 0.2) is 11.4 Å². The molecule has 0 aliphatic rings. The lowest BCUT2D eigenvalue weighted by molar-refractivity contribution is 0.0719. The Morgan fingerprint density at radius 2 is 1.76 bits per heavy atom. The van der Waals surface area contributed by atoms with Crippen LogP contribution in [-0.4, -0.2) is 23.9 Å². The van der Waals surface area contributed by atoms with Crippen molar-refractivity contribution in [2.45, 2.75) is 34.6 Å². The first-order valence-corrected chi connectivity index (χ1v) is 7.13. The molecule has 3 heteroatoms. The van der Waals surface area contributed by atoms with Crippen LogP contribution in [0.4, 0.5) is 0 Å². The van der Waals surface area contributed by atoms with Crippen molar-refractivity contribution in [3.8, 4) is 0 Å². The number of aryl methyl sites for hydroxylation is 1. The number of hydrogen-bond donors (Lipinski definition) is 0. The Bertz CT molecular complexity index is 358. The summed E-state index contributed by atoms with van der Waals surface area (Å²) < 4.78 is 0. The zero-order valence-corrected chi connectivity index (χ0v) is 12.3. The van der Waals surface area contributed by atoms with Crippen molar-refractivity contribution < 1.29 is 4.79 Å². The van der Waals surface area contributed by atoms with Gasteiger partial charge in [0.1, 0.15) is 0 Å². The summed E-state index contributed by atoms with van der Waals surface area (Å²) in [6.45, 7) is 12.3. The first kappa shape index (κ1) is 14.2. The highest BCUT2D eigenvalue weighted by Gasteiger charge is 2.20. The third-order valence-electron chi connectivity index (χ3n) is 2.51. The molecule has 0 bridgehead atoms. The molecule has 1 aromatic heterocycles. The highest BCUT2D eigenvalue weighted by atomic mass is 32.1. The second-order valence-corrected chi connectivity index (χ2v) is 6.35. The first-order chi connectivity index (χ1) is 7.91. The van der Waals surface area contributed by atoms with Gasteiger partial charge in [0.05, 0.1) is 4.88 Å². The number of thiophene rings is 1. The Morgan fingerprint density at radius 1 is 1.24 bits per heavy atom. The average Bonchev–Trinajstić information content (AvgIpc) is 2.61. The van der Waals surface area contributed by atoms with Crippen LogP contribution in [0.25, 0.3) is 0 Å². The highest BCUT2D eigenvalue weighted by Crippen LogP contribution is 2.19. The molecule has 0 unspecified atom stereocenters. The van der Waals surface area contributed by atoms with Crippen LogP contribution in [-0.2, 0) is 0 Å². The average molecular weight is 253 g/mol. The molecular weight excluding hydrogens is 230 g/mol. The second kappa shape index (κ2) is 6.20. The molecule has 0 aliphatic heterocycles. The van der Waals surface area contributed by atoms with Gasteiger partial charge in [-0.25, -0.2) is 0 Å². The van der Waals surface area contributed by atoms with E-state index in [1.165, 1.54) is 0 Å². The van der Waals surface area contributed by atoms with Gasteiger partial charge in [0, 0.05) is 13.1 Å². The minimum absolute atomic E-state index is 0.194. The van der Waals surface area contributed by atoms with Gasteiger partial charge in [-0.1, -0.05) is 27.7 Å². The number of rotatable bonds is 5. The van der Waals surface area contributed by atoms with Crippen molar-refractivity contribution in [2.75, 3.05) is 13.1 Å². The maximum Gasteiger partial charge on any atom is 0.264 e. The van der Waals surface area contributed by atoms with E-state index in [1.54, 1.807) is 11.3 Å². The summed E-state index contributed by atoms with van der Waals surface area (Å²) in [4.78, 5) is 15.3. The number of carbonyl (C=O) groups excluding carboxylic acids is 1. The standard InChI is InChI=1S/C14H23NOS/c1-10(2)8-15(9-11(3)4)14(16)13-12(5)6-7-17-13/h6-7,10-11H,8-9H2,1-5H3. The zero-order chi connectivity index (χ0) is 13.0. The zero-order valence-electron chi connectivity index (χ0n) is 11.5. The molecule has 0 atom stereocenters. The van der Waals surface area contributed by atoms with E-state index >= 15 is 0 Å².